The summed E-state index contributed by atoms with van der Waals surface area (Å²) < 4.78 is 5.46. The van der Waals surface area contributed by atoms with Crippen LogP contribution in [0, 0.1) is 0 Å². The Labute approximate surface area is 103 Å². The molecule has 0 aliphatic carbocycles. The molecule has 0 fully saturated rings. The van der Waals surface area contributed by atoms with Crippen LogP contribution in [-0.2, 0) is 11.3 Å². The average Bonchev–Trinajstić information content (AvgIpc) is 2.28. The maximum atomic E-state index is 11.1. The van der Waals surface area contributed by atoms with Crippen LogP contribution in [0.2, 0.25) is 0 Å². The summed E-state index contributed by atoms with van der Waals surface area (Å²) in [4.78, 5) is 15.3. The Bertz CT molecular complexity index is 376. The van der Waals surface area contributed by atoms with E-state index in [-0.39, 0.29) is 5.97 Å². The summed E-state index contributed by atoms with van der Waals surface area (Å²) >= 11 is 3.25. The first-order chi connectivity index (χ1) is 7.63. The molecule has 0 bridgehead atoms. The van der Waals surface area contributed by atoms with Gasteiger partial charge in [-0.3, -0.25) is 4.98 Å². The number of methoxy groups -OCH3 is 1. The zero-order valence-electron chi connectivity index (χ0n) is 9.00. The van der Waals surface area contributed by atoms with E-state index in [9.17, 15) is 4.79 Å². The smallest absolute Gasteiger partial charge is 0.339 e. The van der Waals surface area contributed by atoms with Gasteiger partial charge in [0.2, 0.25) is 0 Å². The lowest BCUT2D eigenvalue weighted by molar-refractivity contribution is 0.0600. The fraction of sp³-hybridized carbons (Fsp3) is 0.273. The summed E-state index contributed by atoms with van der Waals surface area (Å²) in [5.41, 5.74) is 1.32. The van der Waals surface area contributed by atoms with E-state index < -0.39 is 0 Å². The highest BCUT2D eigenvalue weighted by atomic mass is 79.9. The molecule has 0 aromatic carbocycles. The maximum Gasteiger partial charge on any atom is 0.339 e. The molecule has 0 spiro atoms. The van der Waals surface area contributed by atoms with Crippen LogP contribution >= 0.6 is 15.9 Å². The van der Waals surface area contributed by atoms with Crippen molar-refractivity contribution in [1.82, 2.24) is 10.3 Å². The van der Waals surface area contributed by atoms with E-state index in [2.05, 4.69) is 37.5 Å². The van der Waals surface area contributed by atoms with Crippen molar-refractivity contribution in [1.29, 1.82) is 0 Å². The van der Waals surface area contributed by atoms with Gasteiger partial charge < -0.3 is 10.1 Å². The van der Waals surface area contributed by atoms with Gasteiger partial charge >= 0.3 is 5.97 Å². The highest BCUT2D eigenvalue weighted by Gasteiger charge is 2.04. The van der Waals surface area contributed by atoms with Crippen LogP contribution in [0.3, 0.4) is 0 Å². The highest BCUT2D eigenvalue weighted by Crippen LogP contribution is 2.02. The van der Waals surface area contributed by atoms with E-state index in [1.54, 1.807) is 12.1 Å². The zero-order chi connectivity index (χ0) is 12.0. The number of aromatic nitrogens is 1. The molecule has 1 rings (SSSR count). The second kappa shape index (κ2) is 6.40. The normalized spacial score (nSPS) is 9.88. The number of ether oxygens (including phenoxy) is 1. The molecular weight excluding hydrogens is 272 g/mol. The molecule has 16 heavy (non-hydrogen) atoms. The number of nitrogens with zero attached hydrogens (tertiary/aromatic N) is 1. The summed E-state index contributed by atoms with van der Waals surface area (Å²) in [5, 5.41) is 3.14. The minimum atomic E-state index is -0.374. The molecule has 1 aromatic heterocycles. The molecule has 0 atom stereocenters. The van der Waals surface area contributed by atoms with Gasteiger partial charge in [0.1, 0.15) is 0 Å². The van der Waals surface area contributed by atoms with Crippen LogP contribution in [0.1, 0.15) is 16.1 Å². The number of carbonyl (C=O) groups excluding carboxylic acids is 1. The van der Waals surface area contributed by atoms with Gasteiger partial charge in [0.15, 0.2) is 0 Å². The van der Waals surface area contributed by atoms with Crippen molar-refractivity contribution in [3.05, 3.63) is 40.6 Å². The van der Waals surface area contributed by atoms with Gasteiger partial charge in [-0.15, -0.1) is 0 Å². The van der Waals surface area contributed by atoms with Crippen molar-refractivity contribution >= 4 is 21.9 Å². The molecule has 0 saturated carbocycles. The first-order valence-corrected chi connectivity index (χ1v) is 5.50. The lowest BCUT2D eigenvalue weighted by Crippen LogP contribution is -2.15. The van der Waals surface area contributed by atoms with Gasteiger partial charge in [0, 0.05) is 23.8 Å². The van der Waals surface area contributed by atoms with E-state index in [0.717, 1.165) is 10.2 Å². The number of nitrogens with one attached hydrogen (secondary N) is 1. The third-order valence-corrected chi connectivity index (χ3v) is 2.15. The maximum absolute atomic E-state index is 11.1. The minimum absolute atomic E-state index is 0.374. The van der Waals surface area contributed by atoms with Gasteiger partial charge in [0.05, 0.1) is 18.4 Å². The van der Waals surface area contributed by atoms with Crippen molar-refractivity contribution in [2.45, 2.75) is 6.54 Å². The van der Waals surface area contributed by atoms with Crippen LogP contribution in [0.4, 0.5) is 0 Å². The van der Waals surface area contributed by atoms with Crippen LogP contribution in [0.15, 0.2) is 29.4 Å². The Balaban J connectivity index is 2.51. The predicted octanol–water partition coefficient (Wildman–Crippen LogP) is 1.87. The van der Waals surface area contributed by atoms with Gasteiger partial charge in [-0.25, -0.2) is 4.79 Å². The fourth-order valence-corrected chi connectivity index (χ4v) is 1.29. The molecule has 4 nitrogen and oxygen atoms in total. The Hall–Kier alpha value is -1.20. The van der Waals surface area contributed by atoms with Crippen molar-refractivity contribution in [3.8, 4) is 0 Å². The molecule has 1 heterocycles. The van der Waals surface area contributed by atoms with Crippen LogP contribution < -0.4 is 5.32 Å². The van der Waals surface area contributed by atoms with Crippen molar-refractivity contribution in [3.63, 3.8) is 0 Å². The lowest BCUT2D eigenvalue weighted by Gasteiger charge is -2.03. The molecule has 1 N–H and O–H groups in total. The van der Waals surface area contributed by atoms with Gasteiger partial charge in [-0.2, -0.15) is 0 Å². The first kappa shape index (κ1) is 12.9. The van der Waals surface area contributed by atoms with Crippen molar-refractivity contribution in [2.75, 3.05) is 13.7 Å². The van der Waals surface area contributed by atoms with Crippen LogP contribution in [0.25, 0.3) is 0 Å². The molecule has 86 valence electrons. The molecule has 0 radical (unpaired) electrons. The van der Waals surface area contributed by atoms with E-state index in [1.807, 2.05) is 0 Å². The molecule has 5 heteroatoms. The van der Waals surface area contributed by atoms with E-state index in [4.69, 9.17) is 0 Å². The number of carbonyl (C=O) groups is 1. The lowest BCUT2D eigenvalue weighted by atomic mass is 10.2. The Morgan fingerprint density at radius 3 is 2.88 bits per heavy atom. The predicted molar refractivity (Wildman–Crippen MR) is 65.4 cm³/mol. The number of rotatable bonds is 5. The third-order valence-electron chi connectivity index (χ3n) is 1.87. The highest BCUT2D eigenvalue weighted by molar-refractivity contribution is 9.11. The topological polar surface area (TPSA) is 51.2 Å². The largest absolute Gasteiger partial charge is 0.465 e. The second-order valence-electron chi connectivity index (χ2n) is 3.15. The number of hydrogen-bond acceptors (Lipinski definition) is 4. The fourth-order valence-electron chi connectivity index (χ4n) is 1.09. The third kappa shape index (κ3) is 4.12. The van der Waals surface area contributed by atoms with Crippen molar-refractivity contribution in [2.24, 2.45) is 0 Å². The molecule has 0 amide bonds. The Morgan fingerprint density at radius 2 is 2.38 bits per heavy atom. The molecule has 0 aliphatic rings. The molecule has 0 saturated heterocycles. The quantitative estimate of drug-likeness (QED) is 0.839. The van der Waals surface area contributed by atoms with Crippen LogP contribution in [0.5, 0.6) is 0 Å². The Kier molecular flexibility index (Phi) is 5.14. The van der Waals surface area contributed by atoms with E-state index in [1.165, 1.54) is 13.3 Å². The van der Waals surface area contributed by atoms with E-state index >= 15 is 0 Å². The molecule has 0 unspecified atom stereocenters. The van der Waals surface area contributed by atoms with Gasteiger partial charge in [-0.1, -0.05) is 22.5 Å². The number of halogens is 1. The van der Waals surface area contributed by atoms with Gasteiger partial charge in [0.25, 0.3) is 0 Å². The van der Waals surface area contributed by atoms with Crippen LogP contribution in [-0.4, -0.2) is 24.6 Å². The molecular formula is C11H13BrN2O2. The monoisotopic (exact) mass is 284 g/mol. The number of esters is 1. The summed E-state index contributed by atoms with van der Waals surface area (Å²) in [6.45, 7) is 5.02. The molecule has 0 aliphatic heterocycles. The first-order valence-electron chi connectivity index (χ1n) is 4.70. The Morgan fingerprint density at radius 1 is 1.62 bits per heavy atom. The summed E-state index contributed by atoms with van der Waals surface area (Å²) in [6.07, 6.45) is 1.51. The summed E-state index contributed by atoms with van der Waals surface area (Å²) in [7, 11) is 1.35. The SMILES string of the molecule is C=C(Br)CNCc1ccc(C(=O)OC)cn1. The number of pyridine rings is 1. The zero-order valence-corrected chi connectivity index (χ0v) is 10.6. The summed E-state index contributed by atoms with van der Waals surface area (Å²) in [5.74, 6) is -0.374. The average molecular weight is 285 g/mol. The van der Waals surface area contributed by atoms with Crippen molar-refractivity contribution < 1.29 is 9.53 Å². The second-order valence-corrected chi connectivity index (χ2v) is 4.27. The minimum Gasteiger partial charge on any atom is -0.465 e. The molecule has 1 aromatic rings. The summed E-state index contributed by atoms with van der Waals surface area (Å²) in [6, 6.07) is 3.48. The standard InChI is InChI=1S/C11H13BrN2O2/c1-8(12)5-13-7-10-4-3-9(6-14-10)11(15)16-2/h3-4,6,13H,1,5,7H2,2H3. The number of hydrogen-bond donors (Lipinski definition) is 1. The van der Waals surface area contributed by atoms with E-state index in [0.29, 0.717) is 18.7 Å². The van der Waals surface area contributed by atoms with Gasteiger partial charge in [-0.05, 0) is 12.1 Å².